The maximum absolute atomic E-state index is 12.8. The van der Waals surface area contributed by atoms with E-state index in [0.717, 1.165) is 57.9 Å². The van der Waals surface area contributed by atoms with Gasteiger partial charge in [-0.1, -0.05) is 0 Å². The van der Waals surface area contributed by atoms with Crippen molar-refractivity contribution >= 4 is 18.3 Å². The van der Waals surface area contributed by atoms with Crippen molar-refractivity contribution < 1.29 is 14.3 Å². The highest BCUT2D eigenvalue weighted by atomic mass is 35.5. The molecule has 2 fully saturated rings. The number of halogens is 1. The first-order valence-electron chi connectivity index (χ1n) is 8.95. The number of likely N-dealkylation sites (tertiary alicyclic amines) is 1. The lowest BCUT2D eigenvalue weighted by Crippen LogP contribution is -2.49. The van der Waals surface area contributed by atoms with E-state index >= 15 is 0 Å². The van der Waals surface area contributed by atoms with Gasteiger partial charge in [-0.05, 0) is 24.6 Å². The molecule has 1 aromatic carbocycles. The van der Waals surface area contributed by atoms with Crippen molar-refractivity contribution in [1.29, 1.82) is 0 Å². The number of nitrogens with one attached hydrogen (secondary N) is 1. The van der Waals surface area contributed by atoms with Gasteiger partial charge in [-0.3, -0.25) is 9.69 Å². The maximum atomic E-state index is 12.8. The number of hydrogen-bond donors (Lipinski definition) is 1. The third-order valence-corrected chi connectivity index (χ3v) is 5.11. The molecule has 3 heterocycles. The summed E-state index contributed by atoms with van der Waals surface area (Å²) in [5, 5.41) is 3.38. The van der Waals surface area contributed by atoms with E-state index in [0.29, 0.717) is 30.6 Å². The second kappa shape index (κ2) is 8.25. The predicted octanol–water partition coefficient (Wildman–Crippen LogP) is 1.39. The molecule has 0 radical (unpaired) electrons. The second-order valence-electron chi connectivity index (χ2n) is 6.69. The fourth-order valence-corrected chi connectivity index (χ4v) is 3.75. The van der Waals surface area contributed by atoms with Crippen molar-refractivity contribution in [3.8, 4) is 11.5 Å². The monoisotopic (exact) mass is 367 g/mol. The molecule has 1 unspecified atom stereocenters. The molecule has 1 N–H and O–H groups in total. The third kappa shape index (κ3) is 4.02. The van der Waals surface area contributed by atoms with Crippen LogP contribution in [0.5, 0.6) is 11.5 Å². The summed E-state index contributed by atoms with van der Waals surface area (Å²) in [5.41, 5.74) is 0.695. The average molecular weight is 368 g/mol. The van der Waals surface area contributed by atoms with Crippen molar-refractivity contribution in [3.05, 3.63) is 23.8 Å². The van der Waals surface area contributed by atoms with Gasteiger partial charge in [0.2, 0.25) is 0 Å². The standard InChI is InChI=1S/C18H25N3O3.ClH/c22-18(14-2-3-16-17(12-14)24-11-1-10-23-16)21-7-4-15(13-21)20-8-5-19-6-9-20;/h2-3,12,15,19H,1,4-11,13H2;1H. The number of fused-ring (bicyclic) bond motifs is 1. The minimum absolute atomic E-state index is 0. The van der Waals surface area contributed by atoms with Gasteiger partial charge in [-0.2, -0.15) is 0 Å². The van der Waals surface area contributed by atoms with E-state index in [1.165, 1.54) is 0 Å². The molecule has 0 saturated carbocycles. The summed E-state index contributed by atoms with van der Waals surface area (Å²) in [6, 6.07) is 6.05. The van der Waals surface area contributed by atoms with E-state index < -0.39 is 0 Å². The number of ether oxygens (including phenoxy) is 2. The third-order valence-electron chi connectivity index (χ3n) is 5.11. The van der Waals surface area contributed by atoms with Crippen LogP contribution in [0.4, 0.5) is 0 Å². The molecule has 25 heavy (non-hydrogen) atoms. The normalized spacial score (nSPS) is 23.7. The number of nitrogens with zero attached hydrogens (tertiary/aromatic N) is 2. The van der Waals surface area contributed by atoms with Gasteiger partial charge in [0, 0.05) is 57.3 Å². The van der Waals surface area contributed by atoms with Gasteiger partial charge >= 0.3 is 0 Å². The average Bonchev–Trinajstić information content (AvgIpc) is 3.01. The Bertz CT molecular complexity index is 607. The van der Waals surface area contributed by atoms with E-state index in [1.54, 1.807) is 0 Å². The molecule has 7 heteroatoms. The topological polar surface area (TPSA) is 54.0 Å². The molecule has 1 aromatic rings. The molecule has 4 rings (SSSR count). The summed E-state index contributed by atoms with van der Waals surface area (Å²) in [5.74, 6) is 1.53. The van der Waals surface area contributed by atoms with E-state index in [1.807, 2.05) is 23.1 Å². The molecule has 0 spiro atoms. The molecule has 0 bridgehead atoms. The summed E-state index contributed by atoms with van der Waals surface area (Å²) in [6.45, 7) is 7.22. The minimum atomic E-state index is 0. The molecular formula is C18H26ClN3O3. The minimum Gasteiger partial charge on any atom is -0.490 e. The number of piperazine rings is 1. The summed E-state index contributed by atoms with van der Waals surface area (Å²) in [6.07, 6.45) is 1.94. The molecule has 1 amide bonds. The first-order chi connectivity index (χ1) is 11.8. The van der Waals surface area contributed by atoms with Crippen LogP contribution in [0.3, 0.4) is 0 Å². The molecule has 0 aliphatic carbocycles. The van der Waals surface area contributed by atoms with Crippen LogP contribution in [0.1, 0.15) is 23.2 Å². The second-order valence-corrected chi connectivity index (χ2v) is 6.69. The molecule has 3 aliphatic rings. The van der Waals surface area contributed by atoms with E-state index in [-0.39, 0.29) is 18.3 Å². The fourth-order valence-electron chi connectivity index (χ4n) is 3.75. The van der Waals surface area contributed by atoms with Crippen molar-refractivity contribution in [3.63, 3.8) is 0 Å². The van der Waals surface area contributed by atoms with Gasteiger partial charge in [-0.25, -0.2) is 0 Å². The highest BCUT2D eigenvalue weighted by molar-refractivity contribution is 5.95. The van der Waals surface area contributed by atoms with Gasteiger partial charge in [0.15, 0.2) is 11.5 Å². The van der Waals surface area contributed by atoms with Crippen molar-refractivity contribution in [2.45, 2.75) is 18.9 Å². The van der Waals surface area contributed by atoms with Crippen LogP contribution in [0, 0.1) is 0 Å². The summed E-state index contributed by atoms with van der Waals surface area (Å²) in [7, 11) is 0. The van der Waals surface area contributed by atoms with Crippen LogP contribution < -0.4 is 14.8 Å². The highest BCUT2D eigenvalue weighted by Gasteiger charge is 2.31. The van der Waals surface area contributed by atoms with E-state index in [4.69, 9.17) is 9.47 Å². The van der Waals surface area contributed by atoms with Gasteiger partial charge in [0.05, 0.1) is 13.2 Å². The largest absolute Gasteiger partial charge is 0.490 e. The summed E-state index contributed by atoms with van der Waals surface area (Å²) in [4.78, 5) is 17.3. The van der Waals surface area contributed by atoms with E-state index in [9.17, 15) is 4.79 Å². The Kier molecular flexibility index (Phi) is 6.04. The number of carbonyl (C=O) groups is 1. The SMILES string of the molecule is Cl.O=C(c1ccc2c(c1)OCCCO2)N1CCC(N2CCNCC2)C1. The lowest BCUT2D eigenvalue weighted by atomic mass is 10.1. The Morgan fingerprint density at radius 2 is 1.84 bits per heavy atom. The first kappa shape index (κ1) is 18.3. The first-order valence-corrected chi connectivity index (χ1v) is 8.95. The molecule has 138 valence electrons. The molecule has 0 aromatic heterocycles. The van der Waals surface area contributed by atoms with Crippen LogP contribution in [0.25, 0.3) is 0 Å². The maximum Gasteiger partial charge on any atom is 0.254 e. The predicted molar refractivity (Wildman–Crippen MR) is 98.0 cm³/mol. The Labute approximate surface area is 154 Å². The lowest BCUT2D eigenvalue weighted by molar-refractivity contribution is 0.0773. The number of rotatable bonds is 2. The molecule has 2 saturated heterocycles. The van der Waals surface area contributed by atoms with Crippen molar-refractivity contribution in [2.75, 3.05) is 52.5 Å². The van der Waals surface area contributed by atoms with Gasteiger partial charge in [-0.15, -0.1) is 12.4 Å². The zero-order chi connectivity index (χ0) is 16.4. The zero-order valence-electron chi connectivity index (χ0n) is 14.4. The van der Waals surface area contributed by atoms with Crippen LogP contribution in [-0.4, -0.2) is 74.2 Å². The van der Waals surface area contributed by atoms with Crippen LogP contribution in [0.15, 0.2) is 18.2 Å². The van der Waals surface area contributed by atoms with Crippen LogP contribution >= 0.6 is 12.4 Å². The van der Waals surface area contributed by atoms with E-state index in [2.05, 4.69) is 10.2 Å². The highest BCUT2D eigenvalue weighted by Crippen LogP contribution is 2.31. The van der Waals surface area contributed by atoms with Crippen LogP contribution in [0.2, 0.25) is 0 Å². The Morgan fingerprint density at radius 1 is 1.08 bits per heavy atom. The Morgan fingerprint density at radius 3 is 2.64 bits per heavy atom. The van der Waals surface area contributed by atoms with Crippen LogP contribution in [-0.2, 0) is 0 Å². The number of carbonyl (C=O) groups excluding carboxylic acids is 1. The molecule has 1 atom stereocenters. The van der Waals surface area contributed by atoms with Gasteiger partial charge < -0.3 is 19.7 Å². The van der Waals surface area contributed by atoms with Crippen molar-refractivity contribution in [1.82, 2.24) is 15.1 Å². The Hall–Kier alpha value is -1.50. The number of amides is 1. The number of hydrogen-bond acceptors (Lipinski definition) is 5. The Balaban J connectivity index is 0.00000182. The smallest absolute Gasteiger partial charge is 0.254 e. The summed E-state index contributed by atoms with van der Waals surface area (Å²) < 4.78 is 11.3. The van der Waals surface area contributed by atoms with Gasteiger partial charge in [0.1, 0.15) is 0 Å². The lowest BCUT2D eigenvalue weighted by Gasteiger charge is -2.32. The summed E-state index contributed by atoms with van der Waals surface area (Å²) >= 11 is 0. The molecular weight excluding hydrogens is 342 g/mol. The van der Waals surface area contributed by atoms with Gasteiger partial charge in [0.25, 0.3) is 5.91 Å². The fraction of sp³-hybridized carbons (Fsp3) is 0.611. The molecule has 3 aliphatic heterocycles. The molecule has 6 nitrogen and oxygen atoms in total. The zero-order valence-corrected chi connectivity index (χ0v) is 15.2. The quantitative estimate of drug-likeness (QED) is 0.856. The van der Waals surface area contributed by atoms with Crippen molar-refractivity contribution in [2.24, 2.45) is 0 Å². The number of benzene rings is 1.